The molecular weight excluding hydrogens is 210 g/mol. The molecule has 7 heteroatoms. The lowest BCUT2D eigenvalue weighted by atomic mass is 10.3. The highest BCUT2D eigenvalue weighted by Crippen LogP contribution is 1.97. The monoisotopic (exact) mass is 225 g/mol. The normalized spacial score (nSPS) is 13.6. The number of sulfone groups is 1. The van der Waals surface area contributed by atoms with Crippen LogP contribution in [-0.2, 0) is 19.4 Å². The van der Waals surface area contributed by atoms with Gasteiger partial charge >= 0.3 is 5.97 Å². The van der Waals surface area contributed by atoms with Gasteiger partial charge in [0.15, 0.2) is 9.84 Å². The Labute approximate surface area is 83.0 Å². The van der Waals surface area contributed by atoms with E-state index < -0.39 is 27.6 Å². The first-order chi connectivity index (χ1) is 6.41. The van der Waals surface area contributed by atoms with Crippen LogP contribution < -0.4 is 5.73 Å². The van der Waals surface area contributed by atoms with Crippen molar-refractivity contribution in [1.82, 2.24) is 0 Å². The van der Waals surface area contributed by atoms with Gasteiger partial charge in [0.05, 0.1) is 12.9 Å². The lowest BCUT2D eigenvalue weighted by Gasteiger charge is -2.09. The largest absolute Gasteiger partial charge is 0.468 e. The molecule has 0 amide bonds. The molecule has 1 atom stereocenters. The fraction of sp³-hybridized carbons (Fsp3) is 0.857. The van der Waals surface area contributed by atoms with Gasteiger partial charge in [-0.3, -0.25) is 4.79 Å². The minimum Gasteiger partial charge on any atom is -0.468 e. The van der Waals surface area contributed by atoms with Crippen LogP contribution in [0.5, 0.6) is 0 Å². The van der Waals surface area contributed by atoms with Crippen molar-refractivity contribution >= 4 is 15.8 Å². The molecule has 0 aliphatic carbocycles. The van der Waals surface area contributed by atoms with E-state index in [0.717, 1.165) is 7.11 Å². The number of aliphatic hydroxyl groups excluding tert-OH is 1. The molecule has 0 rings (SSSR count). The molecule has 6 nitrogen and oxygen atoms in total. The van der Waals surface area contributed by atoms with E-state index in [1.54, 1.807) is 0 Å². The molecule has 0 saturated heterocycles. The minimum absolute atomic E-state index is 0.172. The van der Waals surface area contributed by atoms with Crippen molar-refractivity contribution in [2.75, 3.05) is 25.2 Å². The summed E-state index contributed by atoms with van der Waals surface area (Å²) in [4.78, 5) is 10.7. The first-order valence-electron chi connectivity index (χ1n) is 4.05. The summed E-state index contributed by atoms with van der Waals surface area (Å²) >= 11 is 0. The fourth-order valence-corrected chi connectivity index (χ4v) is 2.29. The highest BCUT2D eigenvalue weighted by atomic mass is 32.2. The Morgan fingerprint density at radius 2 is 2.14 bits per heavy atom. The summed E-state index contributed by atoms with van der Waals surface area (Å²) in [7, 11) is -2.41. The number of ether oxygens (including phenoxy) is 1. The van der Waals surface area contributed by atoms with Crippen molar-refractivity contribution < 1.29 is 23.1 Å². The van der Waals surface area contributed by atoms with Gasteiger partial charge in [-0.15, -0.1) is 0 Å². The maximum Gasteiger partial charge on any atom is 0.320 e. The Hall–Kier alpha value is -0.660. The predicted octanol–water partition coefficient (Wildman–Crippen LogP) is -1.72. The second-order valence-corrected chi connectivity index (χ2v) is 5.01. The lowest BCUT2D eigenvalue weighted by molar-refractivity contribution is -0.137. The zero-order valence-corrected chi connectivity index (χ0v) is 8.79. The van der Waals surface area contributed by atoms with Crippen LogP contribution in [0.1, 0.15) is 6.42 Å². The van der Waals surface area contributed by atoms with Gasteiger partial charge in [-0.1, -0.05) is 0 Å². The summed E-state index contributed by atoms with van der Waals surface area (Å²) in [6.07, 6.45) is 0.195. The minimum atomic E-state index is -3.52. The quantitative estimate of drug-likeness (QED) is 0.521. The van der Waals surface area contributed by atoms with E-state index in [2.05, 4.69) is 4.74 Å². The third-order valence-electron chi connectivity index (χ3n) is 1.53. The summed E-state index contributed by atoms with van der Waals surface area (Å²) in [6.45, 7) is -0.172. The number of hydrogen-bond acceptors (Lipinski definition) is 6. The number of rotatable bonds is 6. The lowest BCUT2D eigenvalue weighted by Crippen LogP contribution is -2.33. The Kier molecular flexibility index (Phi) is 5.66. The van der Waals surface area contributed by atoms with Gasteiger partial charge in [-0.2, -0.15) is 0 Å². The Morgan fingerprint density at radius 1 is 1.57 bits per heavy atom. The van der Waals surface area contributed by atoms with Gasteiger partial charge in [0, 0.05) is 12.6 Å². The van der Waals surface area contributed by atoms with E-state index in [9.17, 15) is 13.2 Å². The first-order valence-corrected chi connectivity index (χ1v) is 5.87. The van der Waals surface area contributed by atoms with Crippen molar-refractivity contribution in [3.05, 3.63) is 0 Å². The van der Waals surface area contributed by atoms with Gasteiger partial charge in [-0.05, 0) is 6.42 Å². The molecule has 0 radical (unpaired) electrons. The van der Waals surface area contributed by atoms with E-state index in [-0.39, 0.29) is 18.8 Å². The zero-order chi connectivity index (χ0) is 11.2. The molecule has 3 N–H and O–H groups in total. The molecule has 0 aromatic carbocycles. The van der Waals surface area contributed by atoms with Gasteiger partial charge in [-0.25, -0.2) is 8.42 Å². The van der Waals surface area contributed by atoms with Crippen LogP contribution in [0, 0.1) is 0 Å². The molecule has 0 bridgehead atoms. The van der Waals surface area contributed by atoms with Gasteiger partial charge in [0.1, 0.15) is 5.75 Å². The van der Waals surface area contributed by atoms with E-state index in [0.29, 0.717) is 0 Å². The van der Waals surface area contributed by atoms with Crippen molar-refractivity contribution in [3.8, 4) is 0 Å². The second-order valence-electron chi connectivity index (χ2n) is 2.90. The van der Waals surface area contributed by atoms with Gasteiger partial charge < -0.3 is 15.6 Å². The van der Waals surface area contributed by atoms with Crippen molar-refractivity contribution in [1.29, 1.82) is 0 Å². The topological polar surface area (TPSA) is 107 Å². The molecule has 0 spiro atoms. The summed E-state index contributed by atoms with van der Waals surface area (Å²) in [6, 6.07) is -0.644. The van der Waals surface area contributed by atoms with E-state index in [1.807, 2.05) is 0 Å². The van der Waals surface area contributed by atoms with Crippen LogP contribution in [0.3, 0.4) is 0 Å². The Bertz CT molecular complexity index is 274. The van der Waals surface area contributed by atoms with Gasteiger partial charge in [0.25, 0.3) is 0 Å². The molecule has 0 aromatic heterocycles. The van der Waals surface area contributed by atoms with Crippen LogP contribution in [0.25, 0.3) is 0 Å². The smallest absolute Gasteiger partial charge is 0.320 e. The molecule has 14 heavy (non-hydrogen) atoms. The number of esters is 1. The summed E-state index contributed by atoms with van der Waals surface area (Å²) in [5, 5.41) is 8.50. The zero-order valence-electron chi connectivity index (χ0n) is 7.97. The summed E-state index contributed by atoms with van der Waals surface area (Å²) < 4.78 is 26.7. The number of methoxy groups -OCH3 is 1. The molecule has 0 aromatic rings. The summed E-state index contributed by atoms with van der Waals surface area (Å²) in [5.74, 6) is -1.79. The van der Waals surface area contributed by atoms with Crippen LogP contribution in [0.15, 0.2) is 0 Å². The van der Waals surface area contributed by atoms with Crippen LogP contribution in [0.2, 0.25) is 0 Å². The molecule has 0 aliphatic rings. The second kappa shape index (κ2) is 5.94. The molecule has 0 fully saturated rings. The van der Waals surface area contributed by atoms with Crippen molar-refractivity contribution in [2.24, 2.45) is 5.73 Å². The van der Waals surface area contributed by atoms with E-state index >= 15 is 0 Å². The van der Waals surface area contributed by atoms with Crippen LogP contribution >= 0.6 is 0 Å². The highest BCUT2D eigenvalue weighted by molar-refractivity contribution is 7.92. The molecule has 0 saturated carbocycles. The molecule has 0 aliphatic heterocycles. The average molecular weight is 225 g/mol. The van der Waals surface area contributed by atoms with Crippen LogP contribution in [0.4, 0.5) is 0 Å². The highest BCUT2D eigenvalue weighted by Gasteiger charge is 2.20. The Morgan fingerprint density at radius 3 is 2.57 bits per heavy atom. The maximum absolute atomic E-state index is 11.2. The van der Waals surface area contributed by atoms with E-state index in [1.165, 1.54) is 0 Å². The maximum atomic E-state index is 11.2. The number of nitrogens with two attached hydrogens (primary N) is 1. The molecule has 0 heterocycles. The van der Waals surface area contributed by atoms with E-state index in [4.69, 9.17) is 10.8 Å². The first kappa shape index (κ1) is 13.3. The number of hydrogen-bond donors (Lipinski definition) is 2. The standard InChI is InChI=1S/C7H15NO5S/c1-13-7(10)5-14(11,12)4-6(8)2-3-9/h6,9H,2-5,8H2,1H3. The number of aliphatic hydroxyl groups is 1. The molecular formula is C7H15NO5S. The third kappa shape index (κ3) is 5.90. The fourth-order valence-electron chi connectivity index (χ4n) is 0.873. The number of carbonyl (C=O) groups is 1. The SMILES string of the molecule is COC(=O)CS(=O)(=O)CC(N)CCO. The van der Waals surface area contributed by atoms with Crippen molar-refractivity contribution in [2.45, 2.75) is 12.5 Å². The third-order valence-corrected chi connectivity index (χ3v) is 3.14. The summed E-state index contributed by atoms with van der Waals surface area (Å²) in [5.41, 5.74) is 5.40. The number of carbonyl (C=O) groups excluding carboxylic acids is 1. The Balaban J connectivity index is 4.14. The van der Waals surface area contributed by atoms with Gasteiger partial charge in [0.2, 0.25) is 0 Å². The van der Waals surface area contributed by atoms with Crippen LogP contribution in [-0.4, -0.2) is 50.8 Å². The van der Waals surface area contributed by atoms with Crippen molar-refractivity contribution in [3.63, 3.8) is 0 Å². The predicted molar refractivity (Wildman–Crippen MR) is 50.3 cm³/mol. The molecule has 1 unspecified atom stereocenters. The molecule has 84 valence electrons. The average Bonchev–Trinajstić information content (AvgIpc) is 2.02.